The highest BCUT2D eigenvalue weighted by Gasteiger charge is 2.47. The molecule has 14 heteroatoms. The number of amides is 3. The minimum atomic E-state index is -0.713. The molecule has 2 saturated carbocycles. The zero-order valence-electron chi connectivity index (χ0n) is 33.5. The standard InChI is InChI=1S/C42H61FN4O9/c1-42(2,3)56-41(51)45-34(26-43)28-6-8-29(9-7-28)39(49)47-18-16-33(27-10-13-32(52-4)14-11-27)37(47)38(48)44-31-12-15-35-30(24-31)25-36(55-35)40(50)54-21-5-17-46-19-22-53-23-20-46/h12,15,24-25,27-29,32-34,37H,5-11,13-14,16-23,26H2,1-4H3,(H,44,48)(H,45,51)/t27?,28-,29-,32?,33-,34+,37-/m0/s1. The van der Waals surface area contributed by atoms with E-state index >= 15 is 0 Å². The number of alkyl halides is 1. The lowest BCUT2D eigenvalue weighted by Gasteiger charge is -2.38. The quantitative estimate of drug-likeness (QED) is 0.174. The largest absolute Gasteiger partial charge is 0.460 e. The van der Waals surface area contributed by atoms with Crippen molar-refractivity contribution in [1.82, 2.24) is 15.1 Å². The third-order valence-electron chi connectivity index (χ3n) is 12.2. The number of furan rings is 1. The number of nitrogens with one attached hydrogen (secondary N) is 2. The van der Waals surface area contributed by atoms with Gasteiger partial charge in [0.2, 0.25) is 17.6 Å². The first-order valence-electron chi connectivity index (χ1n) is 20.6. The number of nitrogens with zero attached hydrogens (tertiary/aromatic N) is 2. The highest BCUT2D eigenvalue weighted by molar-refractivity contribution is 6.00. The lowest BCUT2D eigenvalue weighted by Crippen LogP contribution is -2.50. The van der Waals surface area contributed by atoms with Crippen molar-refractivity contribution in [3.05, 3.63) is 30.0 Å². The molecule has 3 amide bonds. The fraction of sp³-hybridized carbons (Fsp3) is 0.714. The first-order valence-corrected chi connectivity index (χ1v) is 20.6. The van der Waals surface area contributed by atoms with Crippen molar-refractivity contribution in [2.24, 2.45) is 23.7 Å². The average molecular weight is 785 g/mol. The predicted molar refractivity (Wildman–Crippen MR) is 208 cm³/mol. The lowest BCUT2D eigenvalue weighted by atomic mass is 9.75. The van der Waals surface area contributed by atoms with Gasteiger partial charge >= 0.3 is 12.1 Å². The summed E-state index contributed by atoms with van der Waals surface area (Å²) in [5.41, 5.74) is 0.356. The fourth-order valence-electron chi connectivity index (χ4n) is 9.18. The Hall–Kier alpha value is -3.75. The van der Waals surface area contributed by atoms with Crippen LogP contribution < -0.4 is 10.6 Å². The van der Waals surface area contributed by atoms with E-state index in [9.17, 15) is 23.6 Å². The van der Waals surface area contributed by atoms with Crippen molar-refractivity contribution >= 4 is 40.5 Å². The molecule has 1 aromatic carbocycles. The number of methoxy groups -OCH3 is 1. The van der Waals surface area contributed by atoms with Crippen molar-refractivity contribution < 1.29 is 46.9 Å². The number of alkyl carbamates (subject to hydrolysis) is 1. The van der Waals surface area contributed by atoms with Crippen molar-refractivity contribution in [3.8, 4) is 0 Å². The summed E-state index contributed by atoms with van der Waals surface area (Å²) in [6, 6.07) is 5.55. The van der Waals surface area contributed by atoms with Gasteiger partial charge in [0, 0.05) is 50.3 Å². The van der Waals surface area contributed by atoms with E-state index in [2.05, 4.69) is 15.5 Å². The van der Waals surface area contributed by atoms with Gasteiger partial charge in [-0.1, -0.05) is 0 Å². The Bertz CT molecular complexity index is 1640. The number of fused-ring (bicyclic) bond motifs is 1. The monoisotopic (exact) mass is 784 g/mol. The Labute approximate surface area is 329 Å². The number of ether oxygens (including phenoxy) is 4. The smallest absolute Gasteiger partial charge is 0.407 e. The van der Waals surface area contributed by atoms with E-state index in [0.717, 1.165) is 65.0 Å². The molecular weight excluding hydrogens is 723 g/mol. The molecule has 6 rings (SSSR count). The van der Waals surface area contributed by atoms with Gasteiger partial charge in [0.15, 0.2) is 0 Å². The highest BCUT2D eigenvalue weighted by Crippen LogP contribution is 2.42. The molecule has 2 aliphatic carbocycles. The number of hydrogen-bond donors (Lipinski definition) is 2. The van der Waals surface area contributed by atoms with Crippen LogP contribution >= 0.6 is 0 Å². The average Bonchev–Trinajstić information content (AvgIpc) is 3.83. The molecule has 0 spiro atoms. The van der Waals surface area contributed by atoms with Crippen LogP contribution in [-0.4, -0.2) is 117 Å². The van der Waals surface area contributed by atoms with Crippen molar-refractivity contribution in [2.45, 2.75) is 109 Å². The second kappa shape index (κ2) is 19.1. The van der Waals surface area contributed by atoms with E-state index in [4.69, 9.17) is 23.4 Å². The number of halogens is 1. The van der Waals surface area contributed by atoms with E-state index in [-0.39, 0.29) is 54.0 Å². The van der Waals surface area contributed by atoms with E-state index in [1.165, 1.54) is 0 Å². The Balaban J connectivity index is 1.09. The van der Waals surface area contributed by atoms with Gasteiger partial charge in [-0.05, 0) is 127 Å². The number of carbonyl (C=O) groups excluding carboxylic acids is 4. The summed E-state index contributed by atoms with van der Waals surface area (Å²) in [7, 11) is 1.74. The van der Waals surface area contributed by atoms with E-state index < -0.39 is 36.4 Å². The molecule has 1 aromatic heterocycles. The van der Waals surface area contributed by atoms with Gasteiger partial charge in [-0.2, -0.15) is 0 Å². The summed E-state index contributed by atoms with van der Waals surface area (Å²) in [6.07, 6.45) is 7.02. The van der Waals surface area contributed by atoms with Crippen LogP contribution in [0, 0.1) is 23.7 Å². The number of esters is 1. The van der Waals surface area contributed by atoms with Gasteiger partial charge in [0.25, 0.3) is 0 Å². The number of rotatable bonds is 13. The van der Waals surface area contributed by atoms with E-state index in [0.29, 0.717) is 55.3 Å². The van der Waals surface area contributed by atoms with Gasteiger partial charge in [-0.25, -0.2) is 14.0 Å². The molecule has 2 N–H and O–H groups in total. The Morgan fingerprint density at radius 2 is 1.68 bits per heavy atom. The molecule has 3 atom stereocenters. The molecule has 3 heterocycles. The van der Waals surface area contributed by atoms with Crippen LogP contribution in [-0.2, 0) is 28.5 Å². The second-order valence-electron chi connectivity index (χ2n) is 17.0. The first kappa shape index (κ1) is 41.9. The highest BCUT2D eigenvalue weighted by atomic mass is 19.1. The Morgan fingerprint density at radius 1 is 0.946 bits per heavy atom. The van der Waals surface area contributed by atoms with Gasteiger partial charge in [0.1, 0.15) is 23.9 Å². The summed E-state index contributed by atoms with van der Waals surface area (Å²) in [4.78, 5) is 57.9. The van der Waals surface area contributed by atoms with Crippen LogP contribution in [0.4, 0.5) is 14.9 Å². The molecule has 2 saturated heterocycles. The van der Waals surface area contributed by atoms with Gasteiger partial charge in [-0.15, -0.1) is 0 Å². The Morgan fingerprint density at radius 3 is 2.36 bits per heavy atom. The molecule has 4 fully saturated rings. The summed E-state index contributed by atoms with van der Waals surface area (Å²) < 4.78 is 41.8. The zero-order valence-corrected chi connectivity index (χ0v) is 33.5. The molecule has 13 nitrogen and oxygen atoms in total. The summed E-state index contributed by atoms with van der Waals surface area (Å²) in [6.45, 7) is 9.38. The lowest BCUT2D eigenvalue weighted by molar-refractivity contribution is -0.142. The molecule has 2 aliphatic heterocycles. The SMILES string of the molecule is COC1CCC([C@@H]2CCN(C(=O)[C@H]3CC[C@H]([C@@H](CF)NC(=O)OC(C)(C)C)CC3)[C@@H]2C(=O)Nc2ccc3oc(C(=O)OCCCN4CCOCC4)cc3c2)CC1. The van der Waals surface area contributed by atoms with E-state index in [1.54, 1.807) is 57.0 Å². The molecule has 0 bridgehead atoms. The van der Waals surface area contributed by atoms with Crippen molar-refractivity contribution in [2.75, 3.05) is 65.1 Å². The number of anilines is 1. The molecule has 0 radical (unpaired) electrons. The second-order valence-corrected chi connectivity index (χ2v) is 17.0. The van der Waals surface area contributed by atoms with E-state index in [1.807, 2.05) is 0 Å². The maximum atomic E-state index is 14.3. The maximum Gasteiger partial charge on any atom is 0.407 e. The number of likely N-dealkylation sites (tertiary alicyclic amines) is 1. The van der Waals surface area contributed by atoms with Crippen LogP contribution in [0.15, 0.2) is 28.7 Å². The molecule has 56 heavy (non-hydrogen) atoms. The number of morpholine rings is 1. The molecule has 0 unspecified atom stereocenters. The zero-order chi connectivity index (χ0) is 39.8. The summed E-state index contributed by atoms with van der Waals surface area (Å²) in [5, 5.41) is 6.46. The number of benzene rings is 1. The van der Waals surface area contributed by atoms with Gasteiger partial charge in [0.05, 0.1) is 32.0 Å². The topological polar surface area (TPSA) is 149 Å². The normalized spacial score (nSPS) is 26.8. The van der Waals surface area contributed by atoms with Gasteiger partial charge < -0.3 is 38.9 Å². The first-order chi connectivity index (χ1) is 26.9. The Kier molecular flexibility index (Phi) is 14.3. The van der Waals surface area contributed by atoms with Crippen LogP contribution in [0.5, 0.6) is 0 Å². The number of hydrogen-bond acceptors (Lipinski definition) is 10. The minimum absolute atomic E-state index is 0.00400. The minimum Gasteiger partial charge on any atom is -0.460 e. The van der Waals surface area contributed by atoms with Crippen LogP contribution in [0.3, 0.4) is 0 Å². The third-order valence-corrected chi connectivity index (χ3v) is 12.2. The van der Waals surface area contributed by atoms with Crippen molar-refractivity contribution in [1.29, 1.82) is 0 Å². The number of carbonyl (C=O) groups is 4. The van der Waals surface area contributed by atoms with Crippen molar-refractivity contribution in [3.63, 3.8) is 0 Å². The summed E-state index contributed by atoms with van der Waals surface area (Å²) >= 11 is 0. The van der Waals surface area contributed by atoms with Crippen LogP contribution in [0.1, 0.15) is 95.5 Å². The third kappa shape index (κ3) is 10.8. The fourth-order valence-corrected chi connectivity index (χ4v) is 9.18. The summed E-state index contributed by atoms with van der Waals surface area (Å²) in [5.74, 6) is -0.810. The molecular formula is C42H61FN4O9. The van der Waals surface area contributed by atoms with Gasteiger partial charge in [-0.3, -0.25) is 14.5 Å². The molecule has 310 valence electrons. The maximum absolute atomic E-state index is 14.3. The molecule has 2 aromatic rings. The predicted octanol–water partition coefficient (Wildman–Crippen LogP) is 6.34. The molecule has 4 aliphatic rings. The van der Waals surface area contributed by atoms with Crippen LogP contribution in [0.25, 0.3) is 11.0 Å². The van der Waals surface area contributed by atoms with Crippen LogP contribution in [0.2, 0.25) is 0 Å².